The van der Waals surface area contributed by atoms with E-state index in [9.17, 15) is 14.3 Å². The Morgan fingerprint density at radius 3 is 2.31 bits per heavy atom. The van der Waals surface area contributed by atoms with Crippen molar-refractivity contribution in [3.8, 4) is 0 Å². The molecule has 2 rings (SSSR count). The van der Waals surface area contributed by atoms with Gasteiger partial charge < -0.3 is 21.1 Å². The van der Waals surface area contributed by atoms with Crippen LogP contribution in [0.2, 0.25) is 0 Å². The Morgan fingerprint density at radius 1 is 1.03 bits per heavy atom. The summed E-state index contributed by atoms with van der Waals surface area (Å²) in [7, 11) is 1.67. The third-order valence-electron chi connectivity index (χ3n) is 4.25. The van der Waals surface area contributed by atoms with Gasteiger partial charge in [-0.25, -0.2) is 4.39 Å². The molecule has 0 spiro atoms. The lowest BCUT2D eigenvalue weighted by Crippen LogP contribution is -2.43. The van der Waals surface area contributed by atoms with Gasteiger partial charge in [-0.2, -0.15) is 0 Å². The molecule has 0 aliphatic rings. The first-order chi connectivity index (χ1) is 13.6. The van der Waals surface area contributed by atoms with Gasteiger partial charge in [-0.05, 0) is 23.3 Å². The number of rotatable bonds is 9. The number of carbonyl (C=O) groups excluding carboxylic acids is 1. The molecule has 2 aromatic rings. The summed E-state index contributed by atoms with van der Waals surface area (Å²) in [4.78, 5) is 16.1. The molecule has 0 saturated carbocycles. The molecule has 2 aromatic carbocycles. The number of guanidine groups is 1. The second-order valence-corrected chi connectivity index (χ2v) is 6.32. The van der Waals surface area contributed by atoms with E-state index in [-0.39, 0.29) is 54.6 Å². The van der Waals surface area contributed by atoms with Crippen molar-refractivity contribution in [1.82, 2.24) is 16.0 Å². The van der Waals surface area contributed by atoms with Crippen LogP contribution in [0.5, 0.6) is 0 Å². The van der Waals surface area contributed by atoms with Crippen LogP contribution in [0, 0.1) is 5.82 Å². The minimum atomic E-state index is -0.317. The van der Waals surface area contributed by atoms with Gasteiger partial charge in [0.2, 0.25) is 5.91 Å². The average molecular weight is 514 g/mol. The number of aliphatic hydroxyl groups is 1. The third kappa shape index (κ3) is 9.23. The van der Waals surface area contributed by atoms with Crippen LogP contribution in [0.1, 0.15) is 17.0 Å². The predicted octanol–water partition coefficient (Wildman–Crippen LogP) is 2.04. The number of hydrogen-bond acceptors (Lipinski definition) is 3. The van der Waals surface area contributed by atoms with Gasteiger partial charge in [0.15, 0.2) is 5.96 Å². The Balaban J connectivity index is 0.00000420. The van der Waals surface area contributed by atoms with Crippen LogP contribution in [-0.4, -0.2) is 50.3 Å². The van der Waals surface area contributed by atoms with Crippen LogP contribution in [-0.2, 0) is 11.2 Å². The Labute approximate surface area is 188 Å². The molecule has 1 amide bonds. The maximum absolute atomic E-state index is 12.9. The Hall–Kier alpha value is -2.20. The molecule has 0 aliphatic carbocycles. The molecule has 8 heteroatoms. The summed E-state index contributed by atoms with van der Waals surface area (Å²) in [6.07, 6.45) is 0.211. The molecule has 0 radical (unpaired) electrons. The molecule has 4 N–H and O–H groups in total. The van der Waals surface area contributed by atoms with Gasteiger partial charge in [0.25, 0.3) is 0 Å². The largest absolute Gasteiger partial charge is 0.396 e. The van der Waals surface area contributed by atoms with Crippen LogP contribution in [0.4, 0.5) is 4.39 Å². The maximum Gasteiger partial charge on any atom is 0.224 e. The monoisotopic (exact) mass is 514 g/mol. The van der Waals surface area contributed by atoms with Crippen molar-refractivity contribution < 1.29 is 14.3 Å². The van der Waals surface area contributed by atoms with Gasteiger partial charge in [-0.3, -0.25) is 9.79 Å². The lowest BCUT2D eigenvalue weighted by molar-refractivity contribution is -0.120. The lowest BCUT2D eigenvalue weighted by atomic mass is 10.0. The van der Waals surface area contributed by atoms with E-state index in [0.717, 1.165) is 11.1 Å². The van der Waals surface area contributed by atoms with E-state index in [4.69, 9.17) is 0 Å². The summed E-state index contributed by atoms with van der Waals surface area (Å²) in [5.41, 5.74) is 1.82. The first-order valence-corrected chi connectivity index (χ1v) is 9.24. The highest BCUT2D eigenvalue weighted by Gasteiger charge is 2.10. The fourth-order valence-corrected chi connectivity index (χ4v) is 2.69. The zero-order valence-corrected chi connectivity index (χ0v) is 18.7. The van der Waals surface area contributed by atoms with Crippen LogP contribution in [0.25, 0.3) is 0 Å². The van der Waals surface area contributed by atoms with E-state index >= 15 is 0 Å². The maximum atomic E-state index is 12.9. The smallest absolute Gasteiger partial charge is 0.224 e. The van der Waals surface area contributed by atoms with Crippen molar-refractivity contribution in [2.75, 3.05) is 33.3 Å². The number of carbonyl (C=O) groups is 1. The SMILES string of the molecule is CN=C(NCCNC(=O)Cc1ccc(F)cc1)NCC(CO)c1ccccc1.I. The topological polar surface area (TPSA) is 85.8 Å². The van der Waals surface area contributed by atoms with E-state index in [2.05, 4.69) is 20.9 Å². The summed E-state index contributed by atoms with van der Waals surface area (Å²) in [5, 5.41) is 18.7. The standard InChI is InChI=1S/C21H27FN4O2.HI/c1-23-21(26-14-18(15-27)17-5-3-2-4-6-17)25-12-11-24-20(28)13-16-7-9-19(22)10-8-16;/h2-10,18,27H,11-15H2,1H3,(H,24,28)(H2,23,25,26);1H. The predicted molar refractivity (Wildman–Crippen MR) is 124 cm³/mol. The van der Waals surface area contributed by atoms with Crippen molar-refractivity contribution in [3.63, 3.8) is 0 Å². The van der Waals surface area contributed by atoms with E-state index in [1.165, 1.54) is 12.1 Å². The highest BCUT2D eigenvalue weighted by molar-refractivity contribution is 14.0. The highest BCUT2D eigenvalue weighted by Crippen LogP contribution is 2.13. The number of nitrogens with zero attached hydrogens (tertiary/aromatic N) is 1. The van der Waals surface area contributed by atoms with Crippen molar-refractivity contribution in [1.29, 1.82) is 0 Å². The number of aliphatic imine (C=N–C) groups is 1. The first kappa shape index (κ1) is 24.8. The molecule has 0 aromatic heterocycles. The van der Waals surface area contributed by atoms with Gasteiger partial charge in [-0.1, -0.05) is 42.5 Å². The zero-order chi connectivity index (χ0) is 20.2. The molecule has 6 nitrogen and oxygen atoms in total. The van der Waals surface area contributed by atoms with Crippen molar-refractivity contribution in [2.45, 2.75) is 12.3 Å². The summed E-state index contributed by atoms with van der Waals surface area (Å²) in [5.74, 6) is 0.126. The lowest BCUT2D eigenvalue weighted by Gasteiger charge is -2.18. The van der Waals surface area contributed by atoms with Gasteiger partial charge >= 0.3 is 0 Å². The van der Waals surface area contributed by atoms with Gasteiger partial charge in [0, 0.05) is 32.6 Å². The molecule has 29 heavy (non-hydrogen) atoms. The molecule has 0 heterocycles. The summed E-state index contributed by atoms with van der Waals surface area (Å²) < 4.78 is 12.9. The fraction of sp³-hybridized carbons (Fsp3) is 0.333. The van der Waals surface area contributed by atoms with E-state index in [0.29, 0.717) is 25.6 Å². The summed E-state index contributed by atoms with van der Waals surface area (Å²) >= 11 is 0. The molecule has 0 bridgehead atoms. The Morgan fingerprint density at radius 2 is 1.69 bits per heavy atom. The number of nitrogens with one attached hydrogen (secondary N) is 3. The summed E-state index contributed by atoms with van der Waals surface area (Å²) in [6, 6.07) is 15.7. The van der Waals surface area contributed by atoms with Crippen LogP contribution in [0.3, 0.4) is 0 Å². The van der Waals surface area contributed by atoms with Gasteiger partial charge in [0.05, 0.1) is 13.0 Å². The fourth-order valence-electron chi connectivity index (χ4n) is 2.69. The van der Waals surface area contributed by atoms with Crippen molar-refractivity contribution in [2.24, 2.45) is 4.99 Å². The third-order valence-corrected chi connectivity index (χ3v) is 4.25. The molecule has 0 saturated heterocycles. The van der Waals surface area contributed by atoms with E-state index in [1.807, 2.05) is 30.3 Å². The van der Waals surface area contributed by atoms with E-state index < -0.39 is 0 Å². The zero-order valence-electron chi connectivity index (χ0n) is 16.4. The number of benzene rings is 2. The molecule has 1 unspecified atom stereocenters. The molecular weight excluding hydrogens is 486 g/mol. The van der Waals surface area contributed by atoms with E-state index in [1.54, 1.807) is 19.2 Å². The Bertz CT molecular complexity index is 757. The normalized spacial score (nSPS) is 11.9. The number of hydrogen-bond donors (Lipinski definition) is 4. The quantitative estimate of drug-likeness (QED) is 0.179. The van der Waals surface area contributed by atoms with Crippen LogP contribution < -0.4 is 16.0 Å². The number of halogens is 2. The molecular formula is C21H28FIN4O2. The van der Waals surface area contributed by atoms with Crippen molar-refractivity contribution >= 4 is 35.8 Å². The van der Waals surface area contributed by atoms with Gasteiger partial charge in [0.1, 0.15) is 5.82 Å². The first-order valence-electron chi connectivity index (χ1n) is 9.24. The minimum Gasteiger partial charge on any atom is -0.396 e. The second-order valence-electron chi connectivity index (χ2n) is 6.32. The molecule has 0 aliphatic heterocycles. The number of amides is 1. The number of aliphatic hydroxyl groups excluding tert-OH is 1. The van der Waals surface area contributed by atoms with Gasteiger partial charge in [-0.15, -0.1) is 24.0 Å². The van der Waals surface area contributed by atoms with Crippen LogP contribution >= 0.6 is 24.0 Å². The molecule has 158 valence electrons. The van der Waals surface area contributed by atoms with Crippen LogP contribution in [0.15, 0.2) is 59.6 Å². The average Bonchev–Trinajstić information content (AvgIpc) is 2.72. The molecule has 1 atom stereocenters. The molecule has 0 fully saturated rings. The minimum absolute atomic E-state index is 0. The Kier molecular flexibility index (Phi) is 11.9. The highest BCUT2D eigenvalue weighted by atomic mass is 127. The summed E-state index contributed by atoms with van der Waals surface area (Å²) in [6.45, 7) is 1.51. The second kappa shape index (κ2) is 13.9. The van der Waals surface area contributed by atoms with Crippen molar-refractivity contribution in [3.05, 3.63) is 71.5 Å².